The molecule has 1 saturated carbocycles. The van der Waals surface area contributed by atoms with Gasteiger partial charge in [0.05, 0.1) is 10.0 Å². The molecule has 1 spiro atoms. The van der Waals surface area contributed by atoms with Crippen LogP contribution in [0.15, 0.2) is 18.2 Å². The van der Waals surface area contributed by atoms with E-state index in [1.54, 1.807) is 6.07 Å². The van der Waals surface area contributed by atoms with Crippen LogP contribution in [0.3, 0.4) is 0 Å². The van der Waals surface area contributed by atoms with Crippen LogP contribution in [0, 0.1) is 11.3 Å². The van der Waals surface area contributed by atoms with Crippen LogP contribution in [0.1, 0.15) is 24.8 Å². The summed E-state index contributed by atoms with van der Waals surface area (Å²) in [5.74, 6) is 0.482. The van der Waals surface area contributed by atoms with Crippen LogP contribution >= 0.6 is 35.6 Å². The normalized spacial score (nSPS) is 22.0. The zero-order valence-corrected chi connectivity index (χ0v) is 14.9. The van der Waals surface area contributed by atoms with Crippen LogP contribution in [0.4, 0.5) is 0 Å². The molecule has 3 rings (SSSR count). The van der Waals surface area contributed by atoms with Crippen molar-refractivity contribution in [3.05, 3.63) is 33.8 Å². The molecule has 1 saturated heterocycles. The second-order valence-electron chi connectivity index (χ2n) is 6.31. The standard InChI is InChI=1S/C16H20Cl2N2O.ClH/c1-20(10-11-2-3-13(17)14(18)8-11)15(21)12-9-16(12)4-6-19-7-5-16;/h2-3,8,12,19H,4-7,9-10H2,1H3;1H. The molecule has 3 nitrogen and oxygen atoms in total. The van der Waals surface area contributed by atoms with Gasteiger partial charge in [-0.15, -0.1) is 12.4 Å². The van der Waals surface area contributed by atoms with E-state index >= 15 is 0 Å². The molecule has 6 heteroatoms. The van der Waals surface area contributed by atoms with Crippen molar-refractivity contribution in [2.24, 2.45) is 11.3 Å². The lowest BCUT2D eigenvalue weighted by molar-refractivity contribution is -0.132. The summed E-state index contributed by atoms with van der Waals surface area (Å²) in [5, 5.41) is 4.45. The second-order valence-corrected chi connectivity index (χ2v) is 7.13. The molecular weight excluding hydrogens is 343 g/mol. The molecule has 1 aliphatic heterocycles. The van der Waals surface area contributed by atoms with Gasteiger partial charge in [-0.25, -0.2) is 0 Å². The first-order chi connectivity index (χ1) is 10.0. The minimum atomic E-state index is 0. The number of nitrogens with one attached hydrogen (secondary N) is 1. The van der Waals surface area contributed by atoms with Crippen LogP contribution in [0.2, 0.25) is 10.0 Å². The zero-order valence-electron chi connectivity index (χ0n) is 12.6. The summed E-state index contributed by atoms with van der Waals surface area (Å²) in [7, 11) is 1.87. The number of carbonyl (C=O) groups is 1. The highest BCUT2D eigenvalue weighted by Crippen LogP contribution is 2.59. The van der Waals surface area contributed by atoms with Gasteiger partial charge in [0.25, 0.3) is 0 Å². The maximum atomic E-state index is 12.6. The zero-order chi connectivity index (χ0) is 15.0. The summed E-state index contributed by atoms with van der Waals surface area (Å²) in [6.45, 7) is 2.67. The van der Waals surface area contributed by atoms with Crippen molar-refractivity contribution < 1.29 is 4.79 Å². The highest BCUT2D eigenvalue weighted by molar-refractivity contribution is 6.42. The van der Waals surface area contributed by atoms with Crippen molar-refractivity contribution >= 4 is 41.5 Å². The van der Waals surface area contributed by atoms with Gasteiger partial charge in [0, 0.05) is 19.5 Å². The molecule has 0 radical (unpaired) electrons. The minimum absolute atomic E-state index is 0. The molecule has 1 amide bonds. The van der Waals surface area contributed by atoms with E-state index in [0.717, 1.165) is 37.9 Å². The molecular formula is C16H21Cl3N2O. The predicted octanol–water partition coefficient (Wildman–Crippen LogP) is 3.76. The Bertz CT molecular complexity index is 558. The number of carbonyl (C=O) groups excluding carboxylic acids is 1. The van der Waals surface area contributed by atoms with Crippen LogP contribution in [-0.2, 0) is 11.3 Å². The van der Waals surface area contributed by atoms with E-state index in [9.17, 15) is 4.79 Å². The van der Waals surface area contributed by atoms with Crippen LogP contribution < -0.4 is 5.32 Å². The Morgan fingerprint density at radius 3 is 2.64 bits per heavy atom. The van der Waals surface area contributed by atoms with E-state index in [1.807, 2.05) is 24.1 Å². The Balaban J connectivity index is 0.00000176. The highest BCUT2D eigenvalue weighted by atomic mass is 35.5. The quantitative estimate of drug-likeness (QED) is 0.886. The summed E-state index contributed by atoms with van der Waals surface area (Å²) in [5.41, 5.74) is 1.30. The summed E-state index contributed by atoms with van der Waals surface area (Å²) in [4.78, 5) is 14.4. The van der Waals surface area contributed by atoms with E-state index in [1.165, 1.54) is 0 Å². The van der Waals surface area contributed by atoms with Gasteiger partial charge in [0.2, 0.25) is 5.91 Å². The van der Waals surface area contributed by atoms with Gasteiger partial charge < -0.3 is 10.2 Å². The van der Waals surface area contributed by atoms with E-state index < -0.39 is 0 Å². The third-order valence-corrected chi connectivity index (χ3v) is 5.61. The Morgan fingerprint density at radius 1 is 1.32 bits per heavy atom. The number of halogens is 3. The number of nitrogens with zero attached hydrogens (tertiary/aromatic N) is 1. The molecule has 1 atom stereocenters. The van der Waals surface area contributed by atoms with Gasteiger partial charge in [-0.2, -0.15) is 0 Å². The summed E-state index contributed by atoms with van der Waals surface area (Å²) in [6, 6.07) is 5.54. The molecule has 0 bridgehead atoms. The molecule has 1 N–H and O–H groups in total. The lowest BCUT2D eigenvalue weighted by Gasteiger charge is -2.25. The Labute approximate surface area is 147 Å². The topological polar surface area (TPSA) is 32.3 Å². The van der Waals surface area contributed by atoms with Gasteiger partial charge in [-0.1, -0.05) is 29.3 Å². The molecule has 1 aromatic rings. The first-order valence-corrected chi connectivity index (χ1v) is 8.17. The number of amides is 1. The number of hydrogen-bond donors (Lipinski definition) is 1. The number of piperidine rings is 1. The molecule has 122 valence electrons. The fourth-order valence-corrected chi connectivity index (χ4v) is 3.75. The van der Waals surface area contributed by atoms with Crippen LogP contribution in [0.25, 0.3) is 0 Å². The second kappa shape index (κ2) is 6.96. The van der Waals surface area contributed by atoms with Gasteiger partial charge in [-0.05, 0) is 55.5 Å². The fraction of sp³-hybridized carbons (Fsp3) is 0.562. The maximum Gasteiger partial charge on any atom is 0.226 e. The first-order valence-electron chi connectivity index (χ1n) is 7.41. The number of benzene rings is 1. The van der Waals surface area contributed by atoms with Crippen molar-refractivity contribution in [2.75, 3.05) is 20.1 Å². The van der Waals surface area contributed by atoms with Crippen molar-refractivity contribution in [1.29, 1.82) is 0 Å². The summed E-state index contributed by atoms with van der Waals surface area (Å²) < 4.78 is 0. The Kier molecular flexibility index (Phi) is 5.65. The average Bonchev–Trinajstić information content (AvgIpc) is 3.16. The SMILES string of the molecule is CN(Cc1ccc(Cl)c(Cl)c1)C(=O)C1CC12CCNCC2.Cl. The lowest BCUT2D eigenvalue weighted by Crippen LogP contribution is -2.34. The summed E-state index contributed by atoms with van der Waals surface area (Å²) >= 11 is 11.9. The van der Waals surface area contributed by atoms with E-state index in [-0.39, 0.29) is 29.6 Å². The predicted molar refractivity (Wildman–Crippen MR) is 92.8 cm³/mol. The molecule has 1 aromatic carbocycles. The third-order valence-electron chi connectivity index (χ3n) is 4.87. The van der Waals surface area contributed by atoms with E-state index in [0.29, 0.717) is 16.6 Å². The molecule has 2 fully saturated rings. The van der Waals surface area contributed by atoms with E-state index in [2.05, 4.69) is 5.32 Å². The summed E-state index contributed by atoms with van der Waals surface area (Å²) in [6.07, 6.45) is 3.31. The lowest BCUT2D eigenvalue weighted by atomic mass is 9.91. The number of hydrogen-bond acceptors (Lipinski definition) is 2. The van der Waals surface area contributed by atoms with Gasteiger partial charge >= 0.3 is 0 Å². The monoisotopic (exact) mass is 362 g/mol. The fourth-order valence-electron chi connectivity index (χ4n) is 3.43. The highest BCUT2D eigenvalue weighted by Gasteiger charge is 2.58. The molecule has 1 heterocycles. The first kappa shape index (κ1) is 17.9. The third kappa shape index (κ3) is 3.53. The largest absolute Gasteiger partial charge is 0.341 e. The van der Waals surface area contributed by atoms with Gasteiger partial charge in [-0.3, -0.25) is 4.79 Å². The van der Waals surface area contributed by atoms with Crippen molar-refractivity contribution in [3.8, 4) is 0 Å². The van der Waals surface area contributed by atoms with Crippen molar-refractivity contribution in [3.63, 3.8) is 0 Å². The minimum Gasteiger partial charge on any atom is -0.341 e. The average molecular weight is 364 g/mol. The maximum absolute atomic E-state index is 12.6. The van der Waals surface area contributed by atoms with Gasteiger partial charge in [0.1, 0.15) is 0 Å². The van der Waals surface area contributed by atoms with Crippen molar-refractivity contribution in [1.82, 2.24) is 10.2 Å². The van der Waals surface area contributed by atoms with E-state index in [4.69, 9.17) is 23.2 Å². The smallest absolute Gasteiger partial charge is 0.226 e. The molecule has 22 heavy (non-hydrogen) atoms. The van der Waals surface area contributed by atoms with Crippen LogP contribution in [-0.4, -0.2) is 30.9 Å². The molecule has 2 aliphatic rings. The van der Waals surface area contributed by atoms with Crippen molar-refractivity contribution in [2.45, 2.75) is 25.8 Å². The Hall–Kier alpha value is -0.480. The molecule has 0 aromatic heterocycles. The Morgan fingerprint density at radius 2 is 2.00 bits per heavy atom. The molecule has 1 unspecified atom stereocenters. The van der Waals surface area contributed by atoms with Gasteiger partial charge in [0.15, 0.2) is 0 Å². The molecule has 1 aliphatic carbocycles. The number of rotatable bonds is 3. The van der Waals surface area contributed by atoms with Crippen LogP contribution in [0.5, 0.6) is 0 Å².